The number of likely N-dealkylation sites (N-methyl/N-ethyl adjacent to an activating group) is 1. The molecule has 11 heteroatoms. The van der Waals surface area contributed by atoms with Crippen molar-refractivity contribution in [2.24, 2.45) is 29.4 Å². The SMILES string of the molecule is CN(C)c1ccc(-c2cc(N)c(O)c3c2C[C@@H]2C[C@@H]4[C@@H](N(C)C)C(=O)C(C(N)=O)C(=O)[C@@]4(O)C(=O)C2C3=O)cc1. The van der Waals surface area contributed by atoms with Gasteiger partial charge in [-0.2, -0.15) is 0 Å². The van der Waals surface area contributed by atoms with Crippen molar-refractivity contribution in [3.8, 4) is 16.9 Å². The highest BCUT2D eigenvalue weighted by Gasteiger charge is 2.69. The molecule has 2 saturated carbocycles. The number of carbonyl (C=O) groups excluding carboxylic acids is 5. The molecule has 3 aliphatic carbocycles. The molecule has 2 aromatic rings. The van der Waals surface area contributed by atoms with Crippen LogP contribution in [0.15, 0.2) is 30.3 Å². The average molecular weight is 549 g/mol. The van der Waals surface area contributed by atoms with Gasteiger partial charge in [0.05, 0.1) is 23.2 Å². The zero-order valence-electron chi connectivity index (χ0n) is 22.7. The number of fused-ring (bicyclic) bond motifs is 3. The topological polar surface area (TPSA) is 184 Å². The minimum Gasteiger partial charge on any atom is -0.505 e. The van der Waals surface area contributed by atoms with E-state index in [-0.39, 0.29) is 24.1 Å². The summed E-state index contributed by atoms with van der Waals surface area (Å²) < 4.78 is 0. The number of primary amides is 1. The van der Waals surface area contributed by atoms with Gasteiger partial charge in [0.2, 0.25) is 5.91 Å². The van der Waals surface area contributed by atoms with Gasteiger partial charge < -0.3 is 26.6 Å². The summed E-state index contributed by atoms with van der Waals surface area (Å²) in [7, 11) is 6.90. The van der Waals surface area contributed by atoms with E-state index in [0.717, 1.165) is 11.3 Å². The van der Waals surface area contributed by atoms with Gasteiger partial charge in [0.15, 0.2) is 34.7 Å². The molecule has 2 fully saturated rings. The Morgan fingerprint density at radius 3 is 2.20 bits per heavy atom. The van der Waals surface area contributed by atoms with Crippen LogP contribution >= 0.6 is 0 Å². The molecule has 5 rings (SSSR count). The van der Waals surface area contributed by atoms with Gasteiger partial charge in [-0.25, -0.2) is 0 Å². The molecule has 0 aliphatic heterocycles. The number of nitrogen functional groups attached to an aromatic ring is 1. The van der Waals surface area contributed by atoms with Crippen molar-refractivity contribution in [1.29, 1.82) is 0 Å². The number of amides is 1. The number of aromatic hydroxyl groups is 1. The largest absolute Gasteiger partial charge is 0.505 e. The third kappa shape index (κ3) is 3.68. The van der Waals surface area contributed by atoms with Crippen molar-refractivity contribution in [1.82, 2.24) is 4.90 Å². The number of phenolic OH excluding ortho intramolecular Hbond substituents is 1. The lowest BCUT2D eigenvalue weighted by atomic mass is 9.52. The predicted octanol–water partition coefficient (Wildman–Crippen LogP) is 0.182. The van der Waals surface area contributed by atoms with Gasteiger partial charge in [0, 0.05) is 25.7 Å². The Labute approximate surface area is 230 Å². The van der Waals surface area contributed by atoms with Crippen LogP contribution in [0.2, 0.25) is 0 Å². The normalized spacial score (nSPS) is 29.6. The second-order valence-electron chi connectivity index (χ2n) is 11.4. The molecule has 0 aromatic heterocycles. The van der Waals surface area contributed by atoms with Crippen molar-refractivity contribution < 1.29 is 34.2 Å². The molecule has 0 saturated heterocycles. The number of carbonyl (C=O) groups is 5. The van der Waals surface area contributed by atoms with Crippen molar-refractivity contribution >= 4 is 40.4 Å². The third-order valence-electron chi connectivity index (χ3n) is 8.79. The monoisotopic (exact) mass is 548 g/mol. The quantitative estimate of drug-likeness (QED) is 0.233. The molecule has 6 N–H and O–H groups in total. The van der Waals surface area contributed by atoms with E-state index in [1.54, 1.807) is 20.2 Å². The molecule has 0 bridgehead atoms. The highest BCUT2D eigenvalue weighted by molar-refractivity contribution is 6.32. The summed E-state index contributed by atoms with van der Waals surface area (Å²) >= 11 is 0. The van der Waals surface area contributed by atoms with Crippen LogP contribution in [0.4, 0.5) is 11.4 Å². The van der Waals surface area contributed by atoms with Crippen molar-refractivity contribution in [2.45, 2.75) is 24.5 Å². The minimum atomic E-state index is -2.77. The summed E-state index contributed by atoms with van der Waals surface area (Å²) in [5, 5.41) is 22.6. The maximum absolute atomic E-state index is 14.0. The molecule has 11 nitrogen and oxygen atoms in total. The summed E-state index contributed by atoms with van der Waals surface area (Å²) in [6.45, 7) is 0. The molecule has 2 unspecified atom stereocenters. The Kier molecular flexibility index (Phi) is 6.35. The number of rotatable bonds is 4. The van der Waals surface area contributed by atoms with Gasteiger partial charge >= 0.3 is 0 Å². The van der Waals surface area contributed by atoms with E-state index in [1.165, 1.54) is 4.90 Å². The average Bonchev–Trinajstić information content (AvgIpc) is 2.88. The summed E-state index contributed by atoms with van der Waals surface area (Å²) in [6.07, 6.45) is 0.137. The number of hydrogen-bond acceptors (Lipinski definition) is 10. The molecule has 0 radical (unpaired) electrons. The van der Waals surface area contributed by atoms with Crippen LogP contribution < -0.4 is 16.4 Å². The first kappa shape index (κ1) is 27.5. The van der Waals surface area contributed by atoms with Crippen molar-refractivity contribution in [3.63, 3.8) is 0 Å². The van der Waals surface area contributed by atoms with Gasteiger partial charge in [-0.1, -0.05) is 12.1 Å². The minimum absolute atomic E-state index is 0.0198. The van der Waals surface area contributed by atoms with Gasteiger partial charge in [0.1, 0.15) is 5.75 Å². The molecule has 0 heterocycles. The fourth-order valence-corrected chi connectivity index (χ4v) is 6.89. The standard InChI is InChI=1S/C29H32N4O7/c1-32(2)14-7-5-12(6-8-14)15-11-18(30)23(34)20-16(15)9-13-10-17-22(33(3)4)25(36)21(28(31)39)27(38)29(17,40)26(37)19(13)24(20)35/h5-8,11,13,17,19,21-22,34,40H,9-10,30H2,1-4H3,(H2,31,39)/t13-,17-,19?,21?,22-,29+/m1/s1. The van der Waals surface area contributed by atoms with E-state index in [2.05, 4.69) is 0 Å². The van der Waals surface area contributed by atoms with Gasteiger partial charge in [-0.15, -0.1) is 0 Å². The maximum Gasteiger partial charge on any atom is 0.235 e. The number of nitrogens with two attached hydrogens (primary N) is 2. The molecular weight excluding hydrogens is 516 g/mol. The van der Waals surface area contributed by atoms with Crippen LogP contribution in [-0.2, 0) is 25.6 Å². The molecule has 210 valence electrons. The first-order valence-electron chi connectivity index (χ1n) is 13.0. The number of nitrogens with zero attached hydrogens (tertiary/aromatic N) is 2. The van der Waals surface area contributed by atoms with Crippen molar-refractivity contribution in [3.05, 3.63) is 41.5 Å². The number of benzene rings is 2. The fraction of sp³-hybridized carbons (Fsp3) is 0.414. The zero-order valence-corrected chi connectivity index (χ0v) is 22.7. The second kappa shape index (κ2) is 9.24. The second-order valence-corrected chi connectivity index (χ2v) is 11.4. The highest BCUT2D eigenvalue weighted by atomic mass is 16.3. The summed E-state index contributed by atoms with van der Waals surface area (Å²) in [5.74, 6) is -11.0. The van der Waals surface area contributed by atoms with E-state index < -0.39 is 70.1 Å². The van der Waals surface area contributed by atoms with Crippen molar-refractivity contribution in [2.75, 3.05) is 38.8 Å². The first-order chi connectivity index (χ1) is 18.7. The predicted molar refractivity (Wildman–Crippen MR) is 146 cm³/mol. The Hall–Kier alpha value is -4.09. The number of Topliss-reactive ketones (excluding diaryl/α,β-unsaturated/α-hetero) is 4. The number of anilines is 2. The van der Waals surface area contributed by atoms with Gasteiger partial charge in [0.25, 0.3) is 0 Å². The lowest BCUT2D eigenvalue weighted by molar-refractivity contribution is -0.181. The van der Waals surface area contributed by atoms with Crippen LogP contribution in [0.25, 0.3) is 11.1 Å². The number of aliphatic hydroxyl groups is 1. The highest BCUT2D eigenvalue weighted by Crippen LogP contribution is 2.52. The molecular formula is C29H32N4O7. The fourth-order valence-electron chi connectivity index (χ4n) is 6.89. The van der Waals surface area contributed by atoms with E-state index in [9.17, 15) is 34.2 Å². The van der Waals surface area contributed by atoms with E-state index in [4.69, 9.17) is 11.5 Å². The van der Waals surface area contributed by atoms with Gasteiger partial charge in [-0.05, 0) is 67.7 Å². The molecule has 2 aromatic carbocycles. The van der Waals surface area contributed by atoms with Crippen LogP contribution in [0, 0.1) is 23.7 Å². The number of ketones is 4. The van der Waals surface area contributed by atoms with Crippen LogP contribution in [0.3, 0.4) is 0 Å². The van der Waals surface area contributed by atoms with Crippen LogP contribution in [-0.4, -0.2) is 84.0 Å². The zero-order chi connectivity index (χ0) is 29.4. The lowest BCUT2D eigenvalue weighted by Gasteiger charge is -2.52. The molecule has 3 aliphatic rings. The summed E-state index contributed by atoms with van der Waals surface area (Å²) in [4.78, 5) is 70.0. The lowest BCUT2D eigenvalue weighted by Crippen LogP contribution is -2.74. The molecule has 1 amide bonds. The summed E-state index contributed by atoms with van der Waals surface area (Å²) in [5.41, 5.74) is 11.3. The number of hydrogen-bond donors (Lipinski definition) is 4. The van der Waals surface area contributed by atoms with E-state index in [1.807, 2.05) is 43.3 Å². The Bertz CT molecular complexity index is 1480. The first-order valence-corrected chi connectivity index (χ1v) is 13.0. The Balaban J connectivity index is 1.66. The molecule has 0 spiro atoms. The summed E-state index contributed by atoms with van der Waals surface area (Å²) in [6, 6.07) is 7.97. The van der Waals surface area contributed by atoms with E-state index >= 15 is 0 Å². The Morgan fingerprint density at radius 2 is 1.65 bits per heavy atom. The van der Waals surface area contributed by atoms with E-state index in [0.29, 0.717) is 11.1 Å². The smallest absolute Gasteiger partial charge is 0.235 e. The molecule has 6 atom stereocenters. The van der Waals surface area contributed by atoms with Gasteiger partial charge in [-0.3, -0.25) is 28.9 Å². The van der Waals surface area contributed by atoms with Crippen LogP contribution in [0.1, 0.15) is 22.3 Å². The molecule has 40 heavy (non-hydrogen) atoms. The Morgan fingerprint density at radius 1 is 1.02 bits per heavy atom. The third-order valence-corrected chi connectivity index (χ3v) is 8.79. The maximum atomic E-state index is 14.0. The number of phenols is 1. The van der Waals surface area contributed by atoms with Crippen LogP contribution in [0.5, 0.6) is 5.75 Å².